The minimum Gasteiger partial charge on any atom is -0.348 e. The SMILES string of the molecule is CC[C@H](NC(=O)CN(c1cccc(Cl)c1C)S(C)(=O)=O)c1ccc(C)cc1C. The Morgan fingerprint density at radius 2 is 1.86 bits per heavy atom. The molecule has 152 valence electrons. The topological polar surface area (TPSA) is 66.5 Å². The number of sulfonamides is 1. The van der Waals surface area contributed by atoms with Crippen LogP contribution in [-0.2, 0) is 14.8 Å². The third kappa shape index (κ3) is 5.26. The van der Waals surface area contributed by atoms with E-state index in [-0.39, 0.29) is 18.5 Å². The van der Waals surface area contributed by atoms with Gasteiger partial charge in [-0.25, -0.2) is 8.42 Å². The first-order valence-corrected chi connectivity index (χ1v) is 11.4. The van der Waals surface area contributed by atoms with Gasteiger partial charge in [-0.2, -0.15) is 0 Å². The first-order chi connectivity index (χ1) is 13.0. The highest BCUT2D eigenvalue weighted by Crippen LogP contribution is 2.28. The zero-order valence-electron chi connectivity index (χ0n) is 16.9. The summed E-state index contributed by atoms with van der Waals surface area (Å²) >= 11 is 6.14. The van der Waals surface area contributed by atoms with Crippen LogP contribution < -0.4 is 9.62 Å². The minimum atomic E-state index is -3.66. The molecule has 0 heterocycles. The number of benzene rings is 2. The van der Waals surface area contributed by atoms with Gasteiger partial charge in [0, 0.05) is 5.02 Å². The summed E-state index contributed by atoms with van der Waals surface area (Å²) in [6.45, 7) is 7.45. The number of halogens is 1. The largest absolute Gasteiger partial charge is 0.348 e. The van der Waals surface area contributed by atoms with Gasteiger partial charge in [-0.1, -0.05) is 48.4 Å². The number of nitrogens with one attached hydrogen (secondary N) is 1. The summed E-state index contributed by atoms with van der Waals surface area (Å²) in [6, 6.07) is 10.9. The van der Waals surface area contributed by atoms with Gasteiger partial charge in [0.2, 0.25) is 15.9 Å². The number of carbonyl (C=O) groups is 1. The summed E-state index contributed by atoms with van der Waals surface area (Å²) in [5.74, 6) is -0.364. The zero-order chi connectivity index (χ0) is 21.1. The predicted octanol–water partition coefficient (Wildman–Crippen LogP) is 4.30. The Kier molecular flexibility index (Phi) is 7.12. The van der Waals surface area contributed by atoms with Gasteiger partial charge < -0.3 is 5.32 Å². The lowest BCUT2D eigenvalue weighted by Gasteiger charge is -2.26. The Hall–Kier alpha value is -2.05. The molecule has 0 unspecified atom stereocenters. The third-order valence-corrected chi connectivity index (χ3v) is 6.28. The van der Waals surface area contributed by atoms with Crippen LogP contribution >= 0.6 is 11.6 Å². The lowest BCUT2D eigenvalue weighted by molar-refractivity contribution is -0.120. The highest BCUT2D eigenvalue weighted by atomic mass is 35.5. The standard InChI is InChI=1S/C21H27ClN2O3S/c1-6-19(17-11-10-14(2)12-15(17)3)23-21(25)13-24(28(5,26)27)20-9-7-8-18(22)16(20)4/h7-12,19H,6,13H2,1-5H3,(H,23,25)/t19-/m0/s1. The molecule has 0 saturated heterocycles. The Bertz CT molecular complexity index is 974. The lowest BCUT2D eigenvalue weighted by Crippen LogP contribution is -2.42. The van der Waals surface area contributed by atoms with Crippen LogP contribution in [0.25, 0.3) is 0 Å². The van der Waals surface area contributed by atoms with Crippen molar-refractivity contribution in [1.82, 2.24) is 5.32 Å². The molecule has 0 aliphatic carbocycles. The Morgan fingerprint density at radius 1 is 1.18 bits per heavy atom. The highest BCUT2D eigenvalue weighted by molar-refractivity contribution is 7.92. The number of amides is 1. The van der Waals surface area contributed by atoms with Crippen LogP contribution in [0.5, 0.6) is 0 Å². The van der Waals surface area contributed by atoms with E-state index >= 15 is 0 Å². The van der Waals surface area contributed by atoms with E-state index in [9.17, 15) is 13.2 Å². The molecule has 7 heteroatoms. The molecule has 0 aromatic heterocycles. The number of hydrogen-bond acceptors (Lipinski definition) is 3. The van der Waals surface area contributed by atoms with E-state index in [0.717, 1.165) is 27.3 Å². The van der Waals surface area contributed by atoms with Crippen molar-refractivity contribution >= 4 is 33.2 Å². The quantitative estimate of drug-likeness (QED) is 0.723. The fourth-order valence-corrected chi connectivity index (χ4v) is 4.31. The molecule has 0 bridgehead atoms. The molecule has 2 rings (SSSR count). The van der Waals surface area contributed by atoms with E-state index in [0.29, 0.717) is 22.7 Å². The molecule has 0 saturated carbocycles. The van der Waals surface area contributed by atoms with E-state index < -0.39 is 10.0 Å². The zero-order valence-corrected chi connectivity index (χ0v) is 18.5. The Balaban J connectivity index is 2.27. The lowest BCUT2D eigenvalue weighted by atomic mass is 9.97. The van der Waals surface area contributed by atoms with Crippen molar-refractivity contribution in [2.24, 2.45) is 0 Å². The minimum absolute atomic E-state index is 0.185. The van der Waals surface area contributed by atoms with Crippen LogP contribution in [0.3, 0.4) is 0 Å². The molecule has 1 amide bonds. The number of carbonyl (C=O) groups excluding carboxylic acids is 1. The van der Waals surface area contributed by atoms with Gasteiger partial charge in [0.1, 0.15) is 6.54 Å². The maximum absolute atomic E-state index is 12.7. The van der Waals surface area contributed by atoms with Crippen molar-refractivity contribution in [2.75, 3.05) is 17.1 Å². The molecule has 0 aliphatic rings. The number of nitrogens with zero attached hydrogens (tertiary/aromatic N) is 1. The maximum Gasteiger partial charge on any atom is 0.241 e. The smallest absolute Gasteiger partial charge is 0.241 e. The van der Waals surface area contributed by atoms with Gasteiger partial charge in [0.15, 0.2) is 0 Å². The Morgan fingerprint density at radius 3 is 2.43 bits per heavy atom. The molecule has 1 N–H and O–H groups in total. The third-order valence-electron chi connectivity index (χ3n) is 4.74. The molecule has 0 radical (unpaired) electrons. The van der Waals surface area contributed by atoms with Crippen LogP contribution in [-0.4, -0.2) is 27.1 Å². The van der Waals surface area contributed by atoms with Gasteiger partial charge in [0.25, 0.3) is 0 Å². The first-order valence-electron chi connectivity index (χ1n) is 9.14. The van der Waals surface area contributed by atoms with Crippen LogP contribution in [0.2, 0.25) is 5.02 Å². The summed E-state index contributed by atoms with van der Waals surface area (Å²) in [4.78, 5) is 12.7. The van der Waals surface area contributed by atoms with Crippen molar-refractivity contribution in [1.29, 1.82) is 0 Å². The van der Waals surface area contributed by atoms with Crippen LogP contribution in [0, 0.1) is 20.8 Å². The fourth-order valence-electron chi connectivity index (χ4n) is 3.23. The number of aryl methyl sites for hydroxylation is 2. The van der Waals surface area contributed by atoms with Gasteiger partial charge in [-0.3, -0.25) is 9.10 Å². The molecular formula is C21H27ClN2O3S. The molecule has 0 spiro atoms. The highest BCUT2D eigenvalue weighted by Gasteiger charge is 2.24. The number of rotatable bonds is 7. The van der Waals surface area contributed by atoms with E-state index in [4.69, 9.17) is 11.6 Å². The average Bonchev–Trinajstić information content (AvgIpc) is 2.60. The maximum atomic E-state index is 12.7. The summed E-state index contributed by atoms with van der Waals surface area (Å²) in [7, 11) is -3.66. The van der Waals surface area contributed by atoms with Crippen LogP contribution in [0.15, 0.2) is 36.4 Å². The van der Waals surface area contributed by atoms with Gasteiger partial charge in [0.05, 0.1) is 18.0 Å². The van der Waals surface area contributed by atoms with Gasteiger partial charge in [-0.05, 0) is 56.0 Å². The van der Waals surface area contributed by atoms with Gasteiger partial charge in [-0.15, -0.1) is 0 Å². The summed E-state index contributed by atoms with van der Waals surface area (Å²) in [6.07, 6.45) is 1.78. The molecule has 28 heavy (non-hydrogen) atoms. The van der Waals surface area contributed by atoms with Crippen molar-refractivity contribution < 1.29 is 13.2 Å². The fraction of sp³-hybridized carbons (Fsp3) is 0.381. The molecule has 0 fully saturated rings. The van der Waals surface area contributed by atoms with Crippen molar-refractivity contribution in [3.8, 4) is 0 Å². The second-order valence-electron chi connectivity index (χ2n) is 7.04. The van der Waals surface area contributed by atoms with Crippen LogP contribution in [0.4, 0.5) is 5.69 Å². The Labute approximate surface area is 172 Å². The van der Waals surface area contributed by atoms with E-state index in [1.807, 2.05) is 32.9 Å². The van der Waals surface area contributed by atoms with E-state index in [2.05, 4.69) is 11.4 Å². The molecule has 2 aromatic carbocycles. The summed E-state index contributed by atoms with van der Waals surface area (Å²) in [5, 5.41) is 3.42. The first kappa shape index (κ1) is 22.2. The second kappa shape index (κ2) is 8.97. The molecule has 2 aromatic rings. The van der Waals surface area contributed by atoms with E-state index in [1.165, 1.54) is 0 Å². The predicted molar refractivity (Wildman–Crippen MR) is 115 cm³/mol. The van der Waals surface area contributed by atoms with Crippen LogP contribution in [0.1, 0.15) is 41.6 Å². The average molecular weight is 423 g/mol. The summed E-state index contributed by atoms with van der Waals surface area (Å²) < 4.78 is 25.8. The molecular weight excluding hydrogens is 396 g/mol. The number of hydrogen-bond donors (Lipinski definition) is 1. The van der Waals surface area contributed by atoms with Crippen molar-refractivity contribution in [3.63, 3.8) is 0 Å². The normalized spacial score (nSPS) is 12.5. The van der Waals surface area contributed by atoms with E-state index in [1.54, 1.807) is 25.1 Å². The molecule has 1 atom stereocenters. The van der Waals surface area contributed by atoms with Gasteiger partial charge >= 0.3 is 0 Å². The monoisotopic (exact) mass is 422 g/mol. The second-order valence-corrected chi connectivity index (χ2v) is 9.36. The summed E-state index contributed by atoms with van der Waals surface area (Å²) in [5.41, 5.74) is 4.31. The van der Waals surface area contributed by atoms with Crippen molar-refractivity contribution in [2.45, 2.75) is 40.2 Å². The molecule has 0 aliphatic heterocycles. The van der Waals surface area contributed by atoms with Crippen molar-refractivity contribution in [3.05, 3.63) is 63.7 Å². The molecule has 5 nitrogen and oxygen atoms in total. The number of anilines is 1.